The fourth-order valence-corrected chi connectivity index (χ4v) is 3.58. The Kier molecular flexibility index (Phi) is 7.75. The standard InChI is InChI=1S/C20H21FN4.C5H10O2/c1-2-16-13-25(12-11-22-16)20-18-6-4-3-5-17(18)19(23-24-20)14-7-9-15(21)10-8-14;1-5(2,3)7-4-6/h3-10,16,22H,2,11-13H2,1H3;4H,1-3H3/t16-;/m0./s1. The minimum atomic E-state index is -0.318. The summed E-state index contributed by atoms with van der Waals surface area (Å²) in [6.45, 7) is 10.9. The predicted molar refractivity (Wildman–Crippen MR) is 126 cm³/mol. The molecule has 170 valence electrons. The quantitative estimate of drug-likeness (QED) is 0.602. The van der Waals surface area contributed by atoms with E-state index < -0.39 is 0 Å². The summed E-state index contributed by atoms with van der Waals surface area (Å²) in [6, 6.07) is 15.1. The summed E-state index contributed by atoms with van der Waals surface area (Å²) in [5, 5.41) is 14.7. The van der Waals surface area contributed by atoms with Crippen LogP contribution in [0.3, 0.4) is 0 Å². The van der Waals surface area contributed by atoms with Crippen LogP contribution in [0, 0.1) is 5.82 Å². The van der Waals surface area contributed by atoms with E-state index in [9.17, 15) is 9.18 Å². The zero-order valence-electron chi connectivity index (χ0n) is 19.1. The van der Waals surface area contributed by atoms with E-state index in [0.717, 1.165) is 53.9 Å². The molecule has 7 heteroatoms. The van der Waals surface area contributed by atoms with Gasteiger partial charge >= 0.3 is 0 Å². The molecule has 3 aromatic rings. The number of rotatable bonds is 4. The van der Waals surface area contributed by atoms with Crippen LogP contribution in [0.2, 0.25) is 0 Å². The van der Waals surface area contributed by atoms with Crippen LogP contribution < -0.4 is 10.2 Å². The summed E-state index contributed by atoms with van der Waals surface area (Å²) in [5.41, 5.74) is 1.35. The Morgan fingerprint density at radius 1 is 1.12 bits per heavy atom. The molecule has 1 aliphatic rings. The molecule has 32 heavy (non-hydrogen) atoms. The lowest BCUT2D eigenvalue weighted by molar-refractivity contribution is -0.138. The second kappa shape index (κ2) is 10.5. The van der Waals surface area contributed by atoms with Crippen molar-refractivity contribution < 1.29 is 13.9 Å². The number of piperazine rings is 1. The van der Waals surface area contributed by atoms with Gasteiger partial charge in [0.25, 0.3) is 6.47 Å². The Balaban J connectivity index is 0.000000360. The minimum absolute atomic E-state index is 0.246. The Hall–Kier alpha value is -3.06. The number of hydrogen-bond acceptors (Lipinski definition) is 6. The van der Waals surface area contributed by atoms with Crippen LogP contribution in [0.25, 0.3) is 22.0 Å². The number of nitrogens with zero attached hydrogens (tertiary/aromatic N) is 3. The highest BCUT2D eigenvalue weighted by Crippen LogP contribution is 2.31. The molecule has 0 unspecified atom stereocenters. The van der Waals surface area contributed by atoms with Gasteiger partial charge in [-0.2, -0.15) is 0 Å². The number of nitrogens with one attached hydrogen (secondary N) is 1. The maximum Gasteiger partial charge on any atom is 0.293 e. The van der Waals surface area contributed by atoms with Gasteiger partial charge < -0.3 is 15.0 Å². The largest absolute Gasteiger partial charge is 0.462 e. The van der Waals surface area contributed by atoms with Crippen molar-refractivity contribution in [2.45, 2.75) is 45.8 Å². The number of halogens is 1. The lowest BCUT2D eigenvalue weighted by atomic mass is 10.0. The SMILES string of the molecule is CC(C)(C)OC=O.CC[C@H]1CN(c2nnc(-c3ccc(F)cc3)c3ccccc23)CCN1. The van der Waals surface area contributed by atoms with Gasteiger partial charge in [-0.1, -0.05) is 31.2 Å². The lowest BCUT2D eigenvalue weighted by Crippen LogP contribution is -2.50. The molecule has 0 radical (unpaired) electrons. The number of fused-ring (bicyclic) bond motifs is 1. The highest BCUT2D eigenvalue weighted by Gasteiger charge is 2.22. The first kappa shape index (κ1) is 23.6. The van der Waals surface area contributed by atoms with Crippen molar-refractivity contribution in [3.05, 3.63) is 54.3 Å². The fraction of sp³-hybridized carbons (Fsp3) is 0.400. The number of carbonyl (C=O) groups excluding carboxylic acids is 1. The van der Waals surface area contributed by atoms with E-state index in [0.29, 0.717) is 12.5 Å². The second-order valence-corrected chi connectivity index (χ2v) is 8.76. The fourth-order valence-electron chi connectivity index (χ4n) is 3.58. The first-order valence-electron chi connectivity index (χ1n) is 10.9. The molecule has 1 atom stereocenters. The van der Waals surface area contributed by atoms with Crippen molar-refractivity contribution >= 4 is 23.1 Å². The number of aromatic nitrogens is 2. The van der Waals surface area contributed by atoms with Gasteiger partial charge in [0.05, 0.1) is 0 Å². The summed E-state index contributed by atoms with van der Waals surface area (Å²) >= 11 is 0. The van der Waals surface area contributed by atoms with E-state index in [1.165, 1.54) is 12.1 Å². The number of ether oxygens (including phenoxy) is 1. The zero-order valence-corrected chi connectivity index (χ0v) is 19.1. The molecule has 0 aliphatic carbocycles. The molecule has 1 aromatic heterocycles. The Bertz CT molecular complexity index is 1030. The van der Waals surface area contributed by atoms with E-state index in [4.69, 9.17) is 0 Å². The highest BCUT2D eigenvalue weighted by molar-refractivity contribution is 6.00. The Morgan fingerprint density at radius 2 is 1.81 bits per heavy atom. The van der Waals surface area contributed by atoms with Crippen LogP contribution in [-0.4, -0.2) is 47.9 Å². The maximum atomic E-state index is 13.2. The molecule has 2 aromatic carbocycles. The molecule has 1 saturated heterocycles. The Labute approximate surface area is 188 Å². The number of hydrogen-bond donors (Lipinski definition) is 1. The van der Waals surface area contributed by atoms with Gasteiger partial charge in [0, 0.05) is 42.0 Å². The van der Waals surface area contributed by atoms with E-state index in [2.05, 4.69) is 44.2 Å². The van der Waals surface area contributed by atoms with Crippen LogP contribution in [0.4, 0.5) is 10.2 Å². The van der Waals surface area contributed by atoms with Crippen molar-refractivity contribution in [2.75, 3.05) is 24.5 Å². The van der Waals surface area contributed by atoms with Crippen molar-refractivity contribution in [1.29, 1.82) is 0 Å². The second-order valence-electron chi connectivity index (χ2n) is 8.76. The van der Waals surface area contributed by atoms with Crippen LogP contribution in [0.1, 0.15) is 34.1 Å². The summed E-state index contributed by atoms with van der Waals surface area (Å²) in [6.07, 6.45) is 1.09. The Morgan fingerprint density at radius 3 is 2.41 bits per heavy atom. The number of anilines is 1. The van der Waals surface area contributed by atoms with Gasteiger partial charge in [-0.15, -0.1) is 10.2 Å². The summed E-state index contributed by atoms with van der Waals surface area (Å²) < 4.78 is 17.8. The monoisotopic (exact) mass is 438 g/mol. The average molecular weight is 439 g/mol. The van der Waals surface area contributed by atoms with Crippen molar-refractivity contribution in [1.82, 2.24) is 15.5 Å². The van der Waals surface area contributed by atoms with Gasteiger partial charge in [0.15, 0.2) is 5.82 Å². The smallest absolute Gasteiger partial charge is 0.293 e. The third-order valence-corrected chi connectivity index (χ3v) is 5.23. The number of carbonyl (C=O) groups is 1. The first-order valence-corrected chi connectivity index (χ1v) is 10.9. The highest BCUT2D eigenvalue weighted by atomic mass is 19.1. The maximum absolute atomic E-state index is 13.2. The lowest BCUT2D eigenvalue weighted by Gasteiger charge is -2.34. The van der Waals surface area contributed by atoms with Crippen molar-refractivity contribution in [3.8, 4) is 11.3 Å². The first-order chi connectivity index (χ1) is 15.3. The zero-order chi connectivity index (χ0) is 23.1. The average Bonchev–Trinajstić information content (AvgIpc) is 2.79. The molecule has 2 heterocycles. The molecule has 4 rings (SSSR count). The summed E-state index contributed by atoms with van der Waals surface area (Å²) in [4.78, 5) is 11.9. The van der Waals surface area contributed by atoms with Crippen molar-refractivity contribution in [2.24, 2.45) is 0 Å². The van der Waals surface area contributed by atoms with Crippen LogP contribution in [0.5, 0.6) is 0 Å². The minimum Gasteiger partial charge on any atom is -0.462 e. The molecule has 0 amide bonds. The van der Waals surface area contributed by atoms with Gasteiger partial charge in [0.2, 0.25) is 0 Å². The number of benzene rings is 2. The van der Waals surface area contributed by atoms with E-state index in [1.807, 2.05) is 32.9 Å². The summed E-state index contributed by atoms with van der Waals surface area (Å²) in [5.74, 6) is 0.686. The summed E-state index contributed by atoms with van der Waals surface area (Å²) in [7, 11) is 0. The topological polar surface area (TPSA) is 67.3 Å². The van der Waals surface area contributed by atoms with E-state index in [1.54, 1.807) is 12.1 Å². The van der Waals surface area contributed by atoms with E-state index in [-0.39, 0.29) is 11.4 Å². The molecule has 6 nitrogen and oxygen atoms in total. The van der Waals surface area contributed by atoms with Crippen molar-refractivity contribution in [3.63, 3.8) is 0 Å². The van der Waals surface area contributed by atoms with Gasteiger partial charge in [-0.25, -0.2) is 4.39 Å². The van der Waals surface area contributed by atoms with Crippen LogP contribution >= 0.6 is 0 Å². The third-order valence-electron chi connectivity index (χ3n) is 5.23. The van der Waals surface area contributed by atoms with E-state index >= 15 is 0 Å². The molecule has 1 fully saturated rings. The van der Waals surface area contributed by atoms with Gasteiger partial charge in [-0.3, -0.25) is 4.79 Å². The van der Waals surface area contributed by atoms with Crippen LogP contribution in [-0.2, 0) is 9.53 Å². The normalized spacial score (nSPS) is 16.3. The molecule has 0 spiro atoms. The molecule has 1 N–H and O–H groups in total. The predicted octanol–water partition coefficient (Wildman–Crippen LogP) is 4.58. The molecule has 1 aliphatic heterocycles. The van der Waals surface area contributed by atoms with Gasteiger partial charge in [0.1, 0.15) is 17.1 Å². The molecule has 0 bridgehead atoms. The molecular formula is C25H31FN4O2. The third kappa shape index (κ3) is 6.01. The van der Waals surface area contributed by atoms with Gasteiger partial charge in [-0.05, 0) is 51.5 Å². The molecule has 0 saturated carbocycles. The molecular weight excluding hydrogens is 407 g/mol. The van der Waals surface area contributed by atoms with Crippen LogP contribution in [0.15, 0.2) is 48.5 Å².